The molecular weight excluding hydrogens is 306 g/mol. The van der Waals surface area contributed by atoms with Crippen LogP contribution in [0.2, 0.25) is 0 Å². The number of carbonyl (C=O) groups excluding carboxylic acids is 2. The maximum atomic E-state index is 12.4. The Balaban J connectivity index is 1.44. The van der Waals surface area contributed by atoms with Crippen molar-refractivity contribution in [3.05, 3.63) is 54.2 Å². The molecule has 6 heteroatoms. The second-order valence-corrected chi connectivity index (χ2v) is 6.58. The zero-order valence-electron chi connectivity index (χ0n) is 13.3. The van der Waals surface area contributed by atoms with Crippen LogP contribution in [0.5, 0.6) is 0 Å². The van der Waals surface area contributed by atoms with Crippen LogP contribution < -0.4 is 5.32 Å². The van der Waals surface area contributed by atoms with E-state index in [0.29, 0.717) is 18.8 Å². The summed E-state index contributed by atoms with van der Waals surface area (Å²) < 4.78 is 5.19. The zero-order chi connectivity index (χ0) is 16.6. The number of aromatic nitrogens is 1. The summed E-state index contributed by atoms with van der Waals surface area (Å²) in [6.45, 7) is 1.25. The lowest BCUT2D eigenvalue weighted by atomic mass is 9.82. The summed E-state index contributed by atoms with van der Waals surface area (Å²) in [6, 6.07) is 7.21. The number of amides is 2. The van der Waals surface area contributed by atoms with Crippen LogP contribution in [0.25, 0.3) is 0 Å². The van der Waals surface area contributed by atoms with Gasteiger partial charge in [-0.15, -0.1) is 0 Å². The predicted octanol–water partition coefficient (Wildman–Crippen LogP) is 1.95. The summed E-state index contributed by atoms with van der Waals surface area (Å²) >= 11 is 0. The Morgan fingerprint density at radius 2 is 2.12 bits per heavy atom. The maximum Gasteiger partial charge on any atom is 0.289 e. The Bertz CT molecular complexity index is 734. The van der Waals surface area contributed by atoms with Crippen LogP contribution >= 0.6 is 0 Å². The number of nitrogens with zero attached hydrogens (tertiary/aromatic N) is 2. The molecule has 4 rings (SSSR count). The second-order valence-electron chi connectivity index (χ2n) is 6.58. The topological polar surface area (TPSA) is 75.4 Å². The first-order valence-corrected chi connectivity index (χ1v) is 8.22. The lowest BCUT2D eigenvalue weighted by molar-refractivity contribution is -0.121. The average Bonchev–Trinajstić information content (AvgIpc) is 3.25. The molecule has 0 unspecified atom stereocenters. The van der Waals surface area contributed by atoms with E-state index >= 15 is 0 Å². The highest BCUT2D eigenvalue weighted by Gasteiger charge is 2.46. The summed E-state index contributed by atoms with van der Waals surface area (Å²) in [7, 11) is 0. The van der Waals surface area contributed by atoms with Gasteiger partial charge in [-0.3, -0.25) is 14.6 Å². The van der Waals surface area contributed by atoms with E-state index in [1.165, 1.54) is 6.26 Å². The van der Waals surface area contributed by atoms with Crippen molar-refractivity contribution < 1.29 is 14.0 Å². The molecule has 0 aromatic carbocycles. The van der Waals surface area contributed by atoms with Crippen LogP contribution in [0.15, 0.2) is 47.3 Å². The molecule has 2 amide bonds. The van der Waals surface area contributed by atoms with E-state index in [2.05, 4.69) is 10.3 Å². The summed E-state index contributed by atoms with van der Waals surface area (Å²) in [4.78, 5) is 30.7. The Labute approximate surface area is 139 Å². The highest BCUT2D eigenvalue weighted by Crippen LogP contribution is 2.39. The molecule has 0 bridgehead atoms. The molecule has 124 valence electrons. The number of pyridine rings is 1. The van der Waals surface area contributed by atoms with Gasteiger partial charge in [0.25, 0.3) is 5.91 Å². The fourth-order valence-electron chi connectivity index (χ4n) is 3.76. The number of nitrogens with one attached hydrogen (secondary N) is 1. The van der Waals surface area contributed by atoms with Gasteiger partial charge in [0.05, 0.1) is 12.2 Å². The number of furan rings is 1. The van der Waals surface area contributed by atoms with Crippen molar-refractivity contribution in [3.63, 3.8) is 0 Å². The molecule has 24 heavy (non-hydrogen) atoms. The van der Waals surface area contributed by atoms with Gasteiger partial charge >= 0.3 is 0 Å². The Kier molecular flexibility index (Phi) is 3.59. The molecule has 2 aromatic rings. The molecular formula is C18H19N3O3. The van der Waals surface area contributed by atoms with Gasteiger partial charge in [0.2, 0.25) is 5.91 Å². The molecule has 0 aliphatic carbocycles. The van der Waals surface area contributed by atoms with E-state index in [4.69, 9.17) is 4.42 Å². The minimum absolute atomic E-state index is 0.0637. The van der Waals surface area contributed by atoms with E-state index in [0.717, 1.165) is 24.8 Å². The third kappa shape index (κ3) is 2.58. The molecule has 6 nitrogen and oxygen atoms in total. The highest BCUT2D eigenvalue weighted by atomic mass is 16.3. The van der Waals surface area contributed by atoms with Gasteiger partial charge in [-0.05, 0) is 43.0 Å². The van der Waals surface area contributed by atoms with Crippen molar-refractivity contribution in [2.75, 3.05) is 13.1 Å². The summed E-state index contributed by atoms with van der Waals surface area (Å²) in [5.41, 5.74) is 0.748. The normalized spacial score (nSPS) is 22.6. The van der Waals surface area contributed by atoms with Gasteiger partial charge in [-0.25, -0.2) is 0 Å². The number of piperidine rings is 1. The highest BCUT2D eigenvalue weighted by molar-refractivity contribution is 5.91. The molecule has 2 saturated heterocycles. The van der Waals surface area contributed by atoms with Crippen molar-refractivity contribution >= 4 is 11.8 Å². The number of hydrogen-bond acceptors (Lipinski definition) is 4. The van der Waals surface area contributed by atoms with Crippen molar-refractivity contribution in [2.24, 2.45) is 0 Å². The molecule has 4 heterocycles. The van der Waals surface area contributed by atoms with Gasteiger partial charge in [0, 0.05) is 31.0 Å². The van der Waals surface area contributed by atoms with Gasteiger partial charge in [0.1, 0.15) is 0 Å². The number of likely N-dealkylation sites (tertiary alicyclic amines) is 1. The minimum Gasteiger partial charge on any atom is -0.459 e. The third-order valence-electron chi connectivity index (χ3n) is 5.13. The molecule has 1 spiro atoms. The van der Waals surface area contributed by atoms with E-state index in [-0.39, 0.29) is 23.3 Å². The van der Waals surface area contributed by atoms with Crippen LogP contribution in [0.3, 0.4) is 0 Å². The summed E-state index contributed by atoms with van der Waals surface area (Å²) in [6.07, 6.45) is 7.28. The first-order chi connectivity index (χ1) is 11.7. The van der Waals surface area contributed by atoms with E-state index in [9.17, 15) is 9.59 Å². The first-order valence-electron chi connectivity index (χ1n) is 8.22. The van der Waals surface area contributed by atoms with Crippen molar-refractivity contribution in [2.45, 2.75) is 30.7 Å². The molecule has 0 saturated carbocycles. The maximum absolute atomic E-state index is 12.4. The van der Waals surface area contributed by atoms with Crippen molar-refractivity contribution in [1.82, 2.24) is 15.2 Å². The number of hydrogen-bond donors (Lipinski definition) is 1. The Hall–Kier alpha value is -2.63. The molecule has 2 aliphatic heterocycles. The van der Waals surface area contributed by atoms with Crippen LogP contribution in [-0.4, -0.2) is 40.3 Å². The molecule has 2 fully saturated rings. The summed E-state index contributed by atoms with van der Waals surface area (Å²) in [5, 5.41) is 3.18. The minimum atomic E-state index is -0.211. The van der Waals surface area contributed by atoms with Crippen LogP contribution in [0.4, 0.5) is 0 Å². The van der Waals surface area contributed by atoms with Crippen LogP contribution in [0.1, 0.15) is 41.3 Å². The SMILES string of the molecule is O=C1NC2(CCN(C(=O)c3ccco3)CC2)C[C@@H]1c1cccnc1. The smallest absolute Gasteiger partial charge is 0.289 e. The average molecular weight is 325 g/mol. The van der Waals surface area contributed by atoms with Gasteiger partial charge in [-0.2, -0.15) is 0 Å². The Morgan fingerprint density at radius 3 is 2.79 bits per heavy atom. The zero-order valence-corrected chi connectivity index (χ0v) is 13.3. The van der Waals surface area contributed by atoms with Crippen molar-refractivity contribution in [1.29, 1.82) is 0 Å². The van der Waals surface area contributed by atoms with E-state index < -0.39 is 0 Å². The van der Waals surface area contributed by atoms with Gasteiger partial charge in [0.15, 0.2) is 5.76 Å². The molecule has 2 aromatic heterocycles. The quantitative estimate of drug-likeness (QED) is 0.916. The van der Waals surface area contributed by atoms with Crippen molar-refractivity contribution in [3.8, 4) is 0 Å². The van der Waals surface area contributed by atoms with Crippen LogP contribution in [0, 0.1) is 0 Å². The lowest BCUT2D eigenvalue weighted by Gasteiger charge is -2.39. The largest absolute Gasteiger partial charge is 0.459 e. The predicted molar refractivity (Wildman–Crippen MR) is 86.3 cm³/mol. The number of carbonyl (C=O) groups is 2. The fraction of sp³-hybridized carbons (Fsp3) is 0.389. The lowest BCUT2D eigenvalue weighted by Crippen LogP contribution is -2.52. The standard InChI is InChI=1S/C18H19N3O3/c22-16-14(13-3-1-7-19-12-13)11-18(20-16)5-8-21(9-6-18)17(23)15-4-2-10-24-15/h1-4,7,10,12,14H,5-6,8-9,11H2,(H,20,22)/t14-/m1/s1. The van der Waals surface area contributed by atoms with Gasteiger partial charge < -0.3 is 14.6 Å². The molecule has 1 N–H and O–H groups in total. The molecule has 2 aliphatic rings. The Morgan fingerprint density at radius 1 is 1.29 bits per heavy atom. The third-order valence-corrected chi connectivity index (χ3v) is 5.13. The number of rotatable bonds is 2. The molecule has 1 atom stereocenters. The monoisotopic (exact) mass is 325 g/mol. The second kappa shape index (κ2) is 5.78. The van der Waals surface area contributed by atoms with Crippen LogP contribution in [-0.2, 0) is 4.79 Å². The summed E-state index contributed by atoms with van der Waals surface area (Å²) in [5.74, 6) is 0.206. The van der Waals surface area contributed by atoms with E-state index in [1.807, 2.05) is 12.1 Å². The molecule has 0 radical (unpaired) electrons. The van der Waals surface area contributed by atoms with Gasteiger partial charge in [-0.1, -0.05) is 6.07 Å². The fourth-order valence-corrected chi connectivity index (χ4v) is 3.76. The van der Waals surface area contributed by atoms with E-state index in [1.54, 1.807) is 29.4 Å². The first kappa shape index (κ1) is 14.9.